The smallest absolute Gasteiger partial charge is 0.306 e. The Balaban J connectivity index is 1.52. The van der Waals surface area contributed by atoms with E-state index in [1.54, 1.807) is 11.0 Å². The van der Waals surface area contributed by atoms with Crippen LogP contribution in [0.3, 0.4) is 0 Å². The SMILES string of the molecule is O=C(O)[C@@H]1CC[C@H](C(=O)NCc2ccc(-n3cncn3)cc2)C1. The number of carbonyl (C=O) groups excluding carboxylic acids is 1. The van der Waals surface area contributed by atoms with Crippen LogP contribution in [0, 0.1) is 11.8 Å². The summed E-state index contributed by atoms with van der Waals surface area (Å²) >= 11 is 0. The average Bonchev–Trinajstić information content (AvgIpc) is 3.24. The fourth-order valence-electron chi connectivity index (χ4n) is 2.89. The van der Waals surface area contributed by atoms with E-state index in [1.807, 2.05) is 24.3 Å². The van der Waals surface area contributed by atoms with Gasteiger partial charge in [0.15, 0.2) is 0 Å². The highest BCUT2D eigenvalue weighted by atomic mass is 16.4. The van der Waals surface area contributed by atoms with Crippen LogP contribution in [0.25, 0.3) is 5.69 Å². The van der Waals surface area contributed by atoms with E-state index in [1.165, 1.54) is 6.33 Å². The summed E-state index contributed by atoms with van der Waals surface area (Å²) in [7, 11) is 0. The van der Waals surface area contributed by atoms with Crippen molar-refractivity contribution in [2.45, 2.75) is 25.8 Å². The van der Waals surface area contributed by atoms with Crippen LogP contribution in [-0.4, -0.2) is 31.7 Å². The number of nitrogens with zero attached hydrogens (tertiary/aromatic N) is 3. The van der Waals surface area contributed by atoms with Crippen molar-refractivity contribution in [3.05, 3.63) is 42.5 Å². The highest BCUT2D eigenvalue weighted by Crippen LogP contribution is 2.31. The van der Waals surface area contributed by atoms with Crippen LogP contribution in [-0.2, 0) is 16.1 Å². The first-order chi connectivity index (χ1) is 11.1. The molecule has 0 radical (unpaired) electrons. The third-order valence-electron chi connectivity index (χ3n) is 4.24. The number of carboxylic acid groups (broad SMARTS) is 1. The predicted molar refractivity (Wildman–Crippen MR) is 81.7 cm³/mol. The minimum atomic E-state index is -0.802. The molecular formula is C16H18N4O3. The van der Waals surface area contributed by atoms with Crippen LogP contribution in [0.2, 0.25) is 0 Å². The van der Waals surface area contributed by atoms with Gasteiger partial charge in [-0.1, -0.05) is 12.1 Å². The molecule has 2 N–H and O–H groups in total. The van der Waals surface area contributed by atoms with Gasteiger partial charge >= 0.3 is 5.97 Å². The molecule has 0 aliphatic heterocycles. The maximum Gasteiger partial charge on any atom is 0.306 e. The lowest BCUT2D eigenvalue weighted by molar-refractivity contribution is -0.141. The summed E-state index contributed by atoms with van der Waals surface area (Å²) in [5, 5.41) is 15.9. The predicted octanol–water partition coefficient (Wildman–Crippen LogP) is 1.38. The molecule has 2 aromatic rings. The van der Waals surface area contributed by atoms with Gasteiger partial charge in [-0.2, -0.15) is 5.10 Å². The third kappa shape index (κ3) is 3.56. The number of hydrogen-bond donors (Lipinski definition) is 2. The summed E-state index contributed by atoms with van der Waals surface area (Å²) in [5.41, 5.74) is 1.88. The quantitative estimate of drug-likeness (QED) is 0.869. The second-order valence-corrected chi connectivity index (χ2v) is 5.77. The van der Waals surface area contributed by atoms with Gasteiger partial charge in [0.05, 0.1) is 11.6 Å². The van der Waals surface area contributed by atoms with Crippen LogP contribution in [0.5, 0.6) is 0 Å². The second kappa shape index (κ2) is 6.60. The lowest BCUT2D eigenvalue weighted by atomic mass is 10.0. The minimum Gasteiger partial charge on any atom is -0.481 e. The normalized spacial score (nSPS) is 20.3. The van der Waals surface area contributed by atoms with Crippen molar-refractivity contribution >= 4 is 11.9 Å². The molecule has 1 aliphatic rings. The number of rotatable bonds is 5. The Labute approximate surface area is 133 Å². The van der Waals surface area contributed by atoms with Gasteiger partial charge in [0.1, 0.15) is 12.7 Å². The van der Waals surface area contributed by atoms with Crippen molar-refractivity contribution in [1.82, 2.24) is 20.1 Å². The Bertz CT molecular complexity index is 682. The standard InChI is InChI=1S/C16H18N4O3/c21-15(12-3-4-13(7-12)16(22)23)18-8-11-1-5-14(6-2-11)20-10-17-9-19-20/h1-2,5-6,9-10,12-13H,3-4,7-8H2,(H,18,21)(H,22,23)/t12-,13+/m0/s1. The Morgan fingerprint density at radius 3 is 2.57 bits per heavy atom. The molecule has 0 spiro atoms. The number of aromatic nitrogens is 3. The molecule has 1 fully saturated rings. The van der Waals surface area contributed by atoms with Gasteiger partial charge in [0.25, 0.3) is 0 Å². The molecule has 1 amide bonds. The first kappa shape index (κ1) is 15.2. The molecule has 120 valence electrons. The molecular weight excluding hydrogens is 296 g/mol. The van der Waals surface area contributed by atoms with Crippen molar-refractivity contribution in [3.8, 4) is 5.69 Å². The Morgan fingerprint density at radius 2 is 1.96 bits per heavy atom. The lowest BCUT2D eigenvalue weighted by Crippen LogP contribution is -2.29. The molecule has 1 aliphatic carbocycles. The molecule has 0 bridgehead atoms. The van der Waals surface area contributed by atoms with Crippen molar-refractivity contribution in [3.63, 3.8) is 0 Å². The van der Waals surface area contributed by atoms with Gasteiger partial charge in [-0.25, -0.2) is 9.67 Å². The monoisotopic (exact) mass is 314 g/mol. The number of aliphatic carboxylic acids is 1. The maximum absolute atomic E-state index is 12.1. The fourth-order valence-corrected chi connectivity index (χ4v) is 2.89. The second-order valence-electron chi connectivity index (χ2n) is 5.77. The van der Waals surface area contributed by atoms with Crippen molar-refractivity contribution < 1.29 is 14.7 Å². The van der Waals surface area contributed by atoms with Crippen LogP contribution in [0.4, 0.5) is 0 Å². The number of carboxylic acids is 1. The molecule has 1 aromatic heterocycles. The van der Waals surface area contributed by atoms with E-state index in [0.717, 1.165) is 11.3 Å². The molecule has 2 atom stereocenters. The molecule has 0 saturated heterocycles. The van der Waals surface area contributed by atoms with Gasteiger partial charge in [0, 0.05) is 12.5 Å². The fraction of sp³-hybridized carbons (Fsp3) is 0.375. The van der Waals surface area contributed by atoms with E-state index in [0.29, 0.717) is 25.8 Å². The molecule has 23 heavy (non-hydrogen) atoms. The molecule has 1 saturated carbocycles. The summed E-state index contributed by atoms with van der Waals surface area (Å²) in [6.07, 6.45) is 4.76. The van der Waals surface area contributed by atoms with Crippen LogP contribution in [0.1, 0.15) is 24.8 Å². The Hall–Kier alpha value is -2.70. The van der Waals surface area contributed by atoms with Crippen molar-refractivity contribution in [2.75, 3.05) is 0 Å². The summed E-state index contributed by atoms with van der Waals surface area (Å²) < 4.78 is 1.66. The highest BCUT2D eigenvalue weighted by molar-refractivity contribution is 5.80. The van der Waals surface area contributed by atoms with Gasteiger partial charge in [-0.3, -0.25) is 9.59 Å². The maximum atomic E-state index is 12.1. The summed E-state index contributed by atoms with van der Waals surface area (Å²) in [6, 6.07) is 7.66. The van der Waals surface area contributed by atoms with E-state index < -0.39 is 5.97 Å². The topological polar surface area (TPSA) is 97.1 Å². The molecule has 7 heteroatoms. The first-order valence-electron chi connectivity index (χ1n) is 7.58. The van der Waals surface area contributed by atoms with Crippen LogP contribution < -0.4 is 5.32 Å². The van der Waals surface area contributed by atoms with Gasteiger partial charge in [0.2, 0.25) is 5.91 Å². The van der Waals surface area contributed by atoms with Crippen molar-refractivity contribution in [2.24, 2.45) is 11.8 Å². The molecule has 3 rings (SSSR count). The van der Waals surface area contributed by atoms with E-state index in [2.05, 4.69) is 15.4 Å². The number of hydrogen-bond acceptors (Lipinski definition) is 4. The molecule has 1 aromatic carbocycles. The van der Waals surface area contributed by atoms with Gasteiger partial charge < -0.3 is 10.4 Å². The van der Waals surface area contributed by atoms with Crippen LogP contribution >= 0.6 is 0 Å². The number of nitrogens with one attached hydrogen (secondary N) is 1. The summed E-state index contributed by atoms with van der Waals surface area (Å²) in [5.74, 6) is -1.43. The van der Waals surface area contributed by atoms with E-state index in [9.17, 15) is 9.59 Å². The Kier molecular flexibility index (Phi) is 4.36. The number of amides is 1. The largest absolute Gasteiger partial charge is 0.481 e. The van der Waals surface area contributed by atoms with E-state index in [-0.39, 0.29) is 17.7 Å². The summed E-state index contributed by atoms with van der Waals surface area (Å²) in [4.78, 5) is 26.9. The van der Waals surface area contributed by atoms with Gasteiger partial charge in [-0.05, 0) is 37.0 Å². The van der Waals surface area contributed by atoms with Crippen molar-refractivity contribution in [1.29, 1.82) is 0 Å². The lowest BCUT2D eigenvalue weighted by Gasteiger charge is -2.11. The molecule has 7 nitrogen and oxygen atoms in total. The minimum absolute atomic E-state index is 0.0610. The number of carbonyl (C=O) groups is 2. The highest BCUT2D eigenvalue weighted by Gasteiger charge is 2.33. The van der Waals surface area contributed by atoms with Gasteiger partial charge in [-0.15, -0.1) is 0 Å². The van der Waals surface area contributed by atoms with E-state index in [4.69, 9.17) is 5.11 Å². The molecule has 1 heterocycles. The van der Waals surface area contributed by atoms with Crippen LogP contribution in [0.15, 0.2) is 36.9 Å². The zero-order valence-corrected chi connectivity index (χ0v) is 12.6. The van der Waals surface area contributed by atoms with E-state index >= 15 is 0 Å². The number of benzene rings is 1. The Morgan fingerprint density at radius 1 is 1.22 bits per heavy atom. The zero-order valence-electron chi connectivity index (χ0n) is 12.6. The first-order valence-corrected chi connectivity index (χ1v) is 7.58. The third-order valence-corrected chi connectivity index (χ3v) is 4.24. The molecule has 0 unspecified atom stereocenters. The average molecular weight is 314 g/mol. The summed E-state index contributed by atoms with van der Waals surface area (Å²) in [6.45, 7) is 0.435. The zero-order chi connectivity index (χ0) is 16.2.